The molecule has 0 aliphatic heterocycles. The molecule has 0 N–H and O–H groups in total. The summed E-state index contributed by atoms with van der Waals surface area (Å²) in [5.41, 5.74) is 1.96. The number of aromatic nitrogens is 2. The van der Waals surface area contributed by atoms with Crippen molar-refractivity contribution in [2.45, 2.75) is 12.5 Å². The number of benzene rings is 2. The molecule has 3 aromatic rings. The molecule has 0 spiro atoms. The van der Waals surface area contributed by atoms with Gasteiger partial charge < -0.3 is 4.74 Å². The largest absolute Gasteiger partial charge is 0.486 e. The maximum Gasteiger partial charge on any atom is 0.166 e. The number of hydrogen-bond acceptors (Lipinski definition) is 3. The molecule has 0 aliphatic rings. The number of para-hydroxylation sites is 1. The second-order valence-electron chi connectivity index (χ2n) is 4.41. The summed E-state index contributed by atoms with van der Waals surface area (Å²) < 4.78 is 5.70. The highest BCUT2D eigenvalue weighted by molar-refractivity contribution is 6.17. The molecule has 0 unspecified atom stereocenters. The third-order valence-corrected chi connectivity index (χ3v) is 3.27. The molecule has 1 heterocycles. The molecular formula is C16H13ClN2O. The molecule has 0 aliphatic carbocycles. The Hall–Kier alpha value is -2.13. The Labute approximate surface area is 122 Å². The first kappa shape index (κ1) is 12.9. The molecule has 0 amide bonds. The normalized spacial score (nSPS) is 10.7. The van der Waals surface area contributed by atoms with Gasteiger partial charge in [-0.3, -0.25) is 0 Å². The zero-order chi connectivity index (χ0) is 13.8. The van der Waals surface area contributed by atoms with Gasteiger partial charge in [-0.1, -0.05) is 30.3 Å². The van der Waals surface area contributed by atoms with Crippen molar-refractivity contribution >= 4 is 22.5 Å². The van der Waals surface area contributed by atoms with Crippen molar-refractivity contribution in [1.82, 2.24) is 9.97 Å². The van der Waals surface area contributed by atoms with E-state index in [1.807, 2.05) is 54.7 Å². The van der Waals surface area contributed by atoms with Gasteiger partial charge in [0.25, 0.3) is 0 Å². The lowest BCUT2D eigenvalue weighted by Gasteiger charge is -2.07. The van der Waals surface area contributed by atoms with E-state index in [0.29, 0.717) is 18.3 Å². The molecule has 2 aromatic carbocycles. The van der Waals surface area contributed by atoms with Gasteiger partial charge in [0.05, 0.1) is 5.52 Å². The first-order valence-electron chi connectivity index (χ1n) is 6.33. The summed E-state index contributed by atoms with van der Waals surface area (Å²) in [7, 11) is 0. The molecule has 0 saturated carbocycles. The average Bonchev–Trinajstić information content (AvgIpc) is 2.53. The Morgan fingerprint density at radius 2 is 1.95 bits per heavy atom. The van der Waals surface area contributed by atoms with Crippen molar-refractivity contribution in [3.05, 3.63) is 66.1 Å². The zero-order valence-electron chi connectivity index (χ0n) is 10.8. The number of halogens is 1. The van der Waals surface area contributed by atoms with Gasteiger partial charge >= 0.3 is 0 Å². The molecule has 100 valence electrons. The minimum Gasteiger partial charge on any atom is -0.486 e. The number of rotatable bonds is 4. The zero-order valence-corrected chi connectivity index (χ0v) is 11.5. The fraction of sp³-hybridized carbons (Fsp3) is 0.125. The fourth-order valence-electron chi connectivity index (χ4n) is 1.95. The van der Waals surface area contributed by atoms with Crippen LogP contribution in [0.4, 0.5) is 0 Å². The van der Waals surface area contributed by atoms with Crippen molar-refractivity contribution in [2.24, 2.45) is 0 Å². The Morgan fingerprint density at radius 1 is 1.05 bits per heavy atom. The van der Waals surface area contributed by atoms with Crippen molar-refractivity contribution in [3.8, 4) is 5.75 Å². The number of fused-ring (bicyclic) bond motifs is 1. The highest BCUT2D eigenvalue weighted by atomic mass is 35.5. The first-order valence-corrected chi connectivity index (χ1v) is 6.87. The number of ether oxygens (including phenoxy) is 1. The van der Waals surface area contributed by atoms with E-state index in [4.69, 9.17) is 16.3 Å². The van der Waals surface area contributed by atoms with Gasteiger partial charge in [-0.25, -0.2) is 9.97 Å². The Balaban J connectivity index is 1.76. The Morgan fingerprint density at radius 3 is 2.85 bits per heavy atom. The van der Waals surface area contributed by atoms with Gasteiger partial charge in [-0.05, 0) is 23.8 Å². The van der Waals surface area contributed by atoms with E-state index >= 15 is 0 Å². The van der Waals surface area contributed by atoms with E-state index in [9.17, 15) is 0 Å². The summed E-state index contributed by atoms with van der Waals surface area (Å²) in [6.45, 7) is 0.344. The molecule has 0 saturated heterocycles. The summed E-state index contributed by atoms with van der Waals surface area (Å²) in [6, 6.07) is 15.6. The minimum absolute atomic E-state index is 0.344. The van der Waals surface area contributed by atoms with Gasteiger partial charge in [-0.2, -0.15) is 0 Å². The maximum absolute atomic E-state index is 5.80. The molecule has 20 heavy (non-hydrogen) atoms. The van der Waals surface area contributed by atoms with E-state index in [-0.39, 0.29) is 0 Å². The molecule has 0 bridgehead atoms. The molecule has 0 fully saturated rings. The van der Waals surface area contributed by atoms with Crippen LogP contribution in [0.5, 0.6) is 5.75 Å². The van der Waals surface area contributed by atoms with Crippen molar-refractivity contribution in [2.75, 3.05) is 0 Å². The summed E-state index contributed by atoms with van der Waals surface area (Å²) in [5.74, 6) is 1.92. The summed E-state index contributed by atoms with van der Waals surface area (Å²) in [4.78, 5) is 8.77. The molecule has 0 atom stereocenters. The van der Waals surface area contributed by atoms with Crippen LogP contribution in [-0.2, 0) is 12.5 Å². The van der Waals surface area contributed by atoms with Crippen LogP contribution in [0.1, 0.15) is 11.4 Å². The smallest absolute Gasteiger partial charge is 0.166 e. The number of alkyl halides is 1. The second-order valence-corrected chi connectivity index (χ2v) is 4.68. The van der Waals surface area contributed by atoms with E-state index in [2.05, 4.69) is 9.97 Å². The van der Waals surface area contributed by atoms with E-state index in [1.54, 1.807) is 0 Å². The van der Waals surface area contributed by atoms with Crippen LogP contribution in [0.2, 0.25) is 0 Å². The van der Waals surface area contributed by atoms with E-state index in [1.165, 1.54) is 0 Å². The molecule has 4 heteroatoms. The van der Waals surface area contributed by atoms with E-state index < -0.39 is 0 Å². The predicted molar refractivity (Wildman–Crippen MR) is 79.9 cm³/mol. The van der Waals surface area contributed by atoms with Gasteiger partial charge in [0, 0.05) is 17.5 Å². The van der Waals surface area contributed by atoms with Crippen molar-refractivity contribution < 1.29 is 4.74 Å². The standard InChI is InChI=1S/C16H13ClN2O/c17-9-12-4-3-6-14(8-12)20-11-16-18-10-13-5-1-2-7-15(13)19-16/h1-8,10H,9,11H2. The second kappa shape index (κ2) is 5.88. The first-order chi connectivity index (χ1) is 9.85. The average molecular weight is 285 g/mol. The van der Waals surface area contributed by atoms with Crippen molar-refractivity contribution in [3.63, 3.8) is 0 Å². The molecule has 3 rings (SSSR count). The van der Waals surface area contributed by atoms with Crippen LogP contribution in [0.3, 0.4) is 0 Å². The Bertz CT molecular complexity index is 730. The minimum atomic E-state index is 0.344. The van der Waals surface area contributed by atoms with Gasteiger partial charge in [-0.15, -0.1) is 11.6 Å². The van der Waals surface area contributed by atoms with Crippen LogP contribution in [0.25, 0.3) is 10.9 Å². The van der Waals surface area contributed by atoms with E-state index in [0.717, 1.165) is 22.2 Å². The summed E-state index contributed by atoms with van der Waals surface area (Å²) in [6.07, 6.45) is 1.82. The van der Waals surface area contributed by atoms with Crippen LogP contribution >= 0.6 is 11.6 Å². The maximum atomic E-state index is 5.80. The topological polar surface area (TPSA) is 35.0 Å². The van der Waals surface area contributed by atoms with Gasteiger partial charge in [0.1, 0.15) is 12.4 Å². The van der Waals surface area contributed by atoms with Crippen LogP contribution in [0.15, 0.2) is 54.7 Å². The van der Waals surface area contributed by atoms with Crippen LogP contribution < -0.4 is 4.74 Å². The number of nitrogens with zero attached hydrogens (tertiary/aromatic N) is 2. The summed E-state index contributed by atoms with van der Waals surface area (Å²) >= 11 is 5.80. The molecule has 0 radical (unpaired) electrons. The van der Waals surface area contributed by atoms with Crippen LogP contribution in [0, 0.1) is 0 Å². The fourth-order valence-corrected chi connectivity index (χ4v) is 2.11. The molecule has 3 nitrogen and oxygen atoms in total. The molecular weight excluding hydrogens is 272 g/mol. The quantitative estimate of drug-likeness (QED) is 0.681. The lowest BCUT2D eigenvalue weighted by molar-refractivity contribution is 0.296. The highest BCUT2D eigenvalue weighted by Gasteiger charge is 2.02. The predicted octanol–water partition coefficient (Wildman–Crippen LogP) is 3.95. The van der Waals surface area contributed by atoms with Gasteiger partial charge in [0.2, 0.25) is 0 Å². The molecule has 1 aromatic heterocycles. The summed E-state index contributed by atoms with van der Waals surface area (Å²) in [5, 5.41) is 1.03. The van der Waals surface area contributed by atoms with Gasteiger partial charge in [0.15, 0.2) is 5.82 Å². The Kier molecular flexibility index (Phi) is 3.79. The third-order valence-electron chi connectivity index (χ3n) is 2.96. The SMILES string of the molecule is ClCc1cccc(OCc2ncc3ccccc3n2)c1. The highest BCUT2D eigenvalue weighted by Crippen LogP contribution is 2.16. The van der Waals surface area contributed by atoms with Crippen molar-refractivity contribution in [1.29, 1.82) is 0 Å². The lowest BCUT2D eigenvalue weighted by Crippen LogP contribution is -2.01. The van der Waals surface area contributed by atoms with Crippen LogP contribution in [-0.4, -0.2) is 9.97 Å². The third kappa shape index (κ3) is 2.89. The lowest BCUT2D eigenvalue weighted by atomic mass is 10.2. The number of hydrogen-bond donors (Lipinski definition) is 0. The monoisotopic (exact) mass is 284 g/mol.